The minimum Gasteiger partial charge on any atom is -0.467 e. The van der Waals surface area contributed by atoms with Gasteiger partial charge in [-0.05, 0) is 6.07 Å². The molecule has 0 amide bonds. The molecular weight excluding hydrogens is 147 g/mol. The Labute approximate surface area is 65.0 Å². The number of hydrogen-bond donors (Lipinski definition) is 2. The topological polar surface area (TPSA) is 75.5 Å². The van der Waals surface area contributed by atoms with Crippen molar-refractivity contribution in [1.82, 2.24) is 9.97 Å². The molecule has 0 fully saturated rings. The number of nitrogens with zero attached hydrogens (tertiary/aromatic N) is 2. The quantitative estimate of drug-likeness (QED) is 0.495. The smallest absolute Gasteiger partial charge is 0.432 e. The van der Waals surface area contributed by atoms with Crippen LogP contribution in [0, 0.1) is 0 Å². The highest BCUT2D eigenvalue weighted by atomic mass is 16.5. The Morgan fingerprint density at radius 1 is 1.36 bits per heavy atom. The van der Waals surface area contributed by atoms with Crippen molar-refractivity contribution in [3.05, 3.63) is 18.5 Å². The fourth-order valence-corrected chi connectivity index (χ4v) is 0.391. The second kappa shape index (κ2) is 6.98. The van der Waals surface area contributed by atoms with Crippen molar-refractivity contribution in [2.45, 2.75) is 0 Å². The van der Waals surface area contributed by atoms with Crippen LogP contribution in [0.1, 0.15) is 0 Å². The Morgan fingerprint density at radius 2 is 1.82 bits per heavy atom. The molecule has 5 nitrogen and oxygen atoms in total. The van der Waals surface area contributed by atoms with E-state index in [1.54, 1.807) is 18.5 Å². The first kappa shape index (κ1) is 9.86. The van der Waals surface area contributed by atoms with Crippen LogP contribution in [0.5, 0.6) is 6.01 Å². The van der Waals surface area contributed by atoms with Crippen molar-refractivity contribution in [1.29, 1.82) is 0 Å². The Balaban J connectivity index is 0.000000292. The largest absolute Gasteiger partial charge is 0.467 e. The maximum absolute atomic E-state index is 7.12. The number of ether oxygens (including phenoxy) is 1. The molecule has 1 heterocycles. The van der Waals surface area contributed by atoms with Gasteiger partial charge in [-0.25, -0.2) is 9.97 Å². The summed E-state index contributed by atoms with van der Waals surface area (Å²) in [6, 6.07) is 2.15. The van der Waals surface area contributed by atoms with Crippen LogP contribution in [0.25, 0.3) is 0 Å². The van der Waals surface area contributed by atoms with Gasteiger partial charge in [0.25, 0.3) is 0 Å². The van der Waals surface area contributed by atoms with Gasteiger partial charge in [-0.1, -0.05) is 0 Å². The molecule has 0 radical (unpaired) electrons. The molecule has 1 rings (SSSR count). The van der Waals surface area contributed by atoms with Crippen LogP contribution in [0.3, 0.4) is 0 Å². The highest BCUT2D eigenvalue weighted by Crippen LogP contribution is 1.92. The van der Waals surface area contributed by atoms with E-state index >= 15 is 0 Å². The molecule has 1 aromatic heterocycles. The average molecular weight is 156 g/mol. The molecule has 0 saturated heterocycles. The normalized spacial score (nSPS) is 7.55. The molecule has 11 heavy (non-hydrogen) atoms. The van der Waals surface area contributed by atoms with E-state index in [1.807, 2.05) is 0 Å². The van der Waals surface area contributed by atoms with E-state index in [-0.39, 0.29) is 0 Å². The lowest BCUT2D eigenvalue weighted by Gasteiger charge is -1.90. The fourth-order valence-electron chi connectivity index (χ4n) is 0.391. The first-order valence-corrected chi connectivity index (χ1v) is 2.88. The average Bonchev–Trinajstić information content (AvgIpc) is 2.08. The zero-order chi connectivity index (χ0) is 8.53. The molecule has 0 aromatic carbocycles. The number of aromatic nitrogens is 2. The second-order valence-electron chi connectivity index (χ2n) is 1.38. The van der Waals surface area contributed by atoms with Gasteiger partial charge in [0, 0.05) is 12.4 Å². The molecule has 0 aliphatic heterocycles. The lowest BCUT2D eigenvalue weighted by molar-refractivity contribution is 0.379. The minimum atomic E-state index is -0.750. The van der Waals surface area contributed by atoms with E-state index in [0.717, 1.165) is 0 Å². The summed E-state index contributed by atoms with van der Waals surface area (Å²) in [6.45, 7) is 0. The van der Waals surface area contributed by atoms with Crippen molar-refractivity contribution < 1.29 is 14.8 Å². The predicted octanol–water partition coefficient (Wildman–Crippen LogP) is -1.28. The summed E-state index contributed by atoms with van der Waals surface area (Å²) in [5.74, 6) is 0. The van der Waals surface area contributed by atoms with Crippen LogP contribution in [0.2, 0.25) is 0 Å². The van der Waals surface area contributed by atoms with Crippen LogP contribution >= 0.6 is 0 Å². The number of methoxy groups -OCH3 is 1. The predicted molar refractivity (Wildman–Crippen MR) is 40.2 cm³/mol. The van der Waals surface area contributed by atoms with Gasteiger partial charge in [-0.15, -0.1) is 0 Å². The fraction of sp³-hybridized carbons (Fsp3) is 0.200. The molecule has 60 valence electrons. The monoisotopic (exact) mass is 156 g/mol. The Kier molecular flexibility index (Phi) is 6.26. The van der Waals surface area contributed by atoms with Crippen LogP contribution in [-0.2, 0) is 0 Å². The number of rotatable bonds is 1. The Hall–Kier alpha value is -1.14. The highest BCUT2D eigenvalue weighted by Gasteiger charge is 1.84. The van der Waals surface area contributed by atoms with Crippen molar-refractivity contribution in [3.8, 4) is 6.01 Å². The van der Waals surface area contributed by atoms with Crippen LogP contribution in [0.4, 0.5) is 0 Å². The Bertz CT molecular complexity index is 173. The lowest BCUT2D eigenvalue weighted by atomic mass is 10.5. The molecule has 0 bridgehead atoms. The van der Waals surface area contributed by atoms with E-state index in [9.17, 15) is 0 Å². The van der Waals surface area contributed by atoms with Crippen molar-refractivity contribution in [2.75, 3.05) is 7.11 Å². The van der Waals surface area contributed by atoms with Gasteiger partial charge in [0.2, 0.25) is 0 Å². The van der Waals surface area contributed by atoms with Gasteiger partial charge in [-0.2, -0.15) is 0 Å². The summed E-state index contributed by atoms with van der Waals surface area (Å²) in [7, 11) is 0.787. The molecule has 0 aliphatic carbocycles. The van der Waals surface area contributed by atoms with Gasteiger partial charge in [0.15, 0.2) is 0 Å². The Morgan fingerprint density at radius 3 is 2.09 bits per heavy atom. The lowest BCUT2D eigenvalue weighted by Crippen LogP contribution is -1.87. The zero-order valence-corrected chi connectivity index (χ0v) is 6.14. The van der Waals surface area contributed by atoms with Crippen molar-refractivity contribution >= 4 is 7.69 Å². The molecule has 2 N–H and O–H groups in total. The second-order valence-corrected chi connectivity index (χ2v) is 1.38. The third-order valence-corrected chi connectivity index (χ3v) is 0.725. The van der Waals surface area contributed by atoms with Crippen molar-refractivity contribution in [3.63, 3.8) is 0 Å². The van der Waals surface area contributed by atoms with E-state index in [1.165, 1.54) is 7.11 Å². The third-order valence-electron chi connectivity index (χ3n) is 0.725. The van der Waals surface area contributed by atoms with E-state index in [0.29, 0.717) is 6.01 Å². The van der Waals surface area contributed by atoms with E-state index < -0.39 is 7.69 Å². The molecule has 0 atom stereocenters. The molecule has 0 unspecified atom stereocenters. The summed E-state index contributed by atoms with van der Waals surface area (Å²) >= 11 is 0. The van der Waals surface area contributed by atoms with Gasteiger partial charge in [-0.3, -0.25) is 0 Å². The first-order chi connectivity index (χ1) is 5.35. The summed E-state index contributed by atoms with van der Waals surface area (Å²) in [4.78, 5) is 7.53. The summed E-state index contributed by atoms with van der Waals surface area (Å²) in [6.07, 6.45) is 3.26. The van der Waals surface area contributed by atoms with E-state index in [4.69, 9.17) is 14.8 Å². The molecular formula is C5H9BN2O3. The van der Waals surface area contributed by atoms with Gasteiger partial charge in [0.05, 0.1) is 7.11 Å². The maximum atomic E-state index is 7.12. The highest BCUT2D eigenvalue weighted by molar-refractivity contribution is 6.13. The third kappa shape index (κ3) is 5.32. The zero-order valence-electron chi connectivity index (χ0n) is 6.14. The summed E-state index contributed by atoms with van der Waals surface area (Å²) in [5, 5.41) is 14.2. The molecule has 1 aromatic rings. The summed E-state index contributed by atoms with van der Waals surface area (Å²) < 4.78 is 4.69. The molecule has 6 heteroatoms. The van der Waals surface area contributed by atoms with E-state index in [2.05, 4.69) is 9.97 Å². The van der Waals surface area contributed by atoms with Gasteiger partial charge in [0.1, 0.15) is 0 Å². The molecule has 0 aliphatic rings. The standard InChI is InChI=1S/C5H6N2O.BH3O2/c1-8-5-6-3-2-4-7-5;2-1-3/h2-4H,1H3;1-3H. The van der Waals surface area contributed by atoms with Crippen molar-refractivity contribution in [2.24, 2.45) is 0 Å². The molecule has 0 saturated carbocycles. The van der Waals surface area contributed by atoms with Gasteiger partial charge >= 0.3 is 13.7 Å². The summed E-state index contributed by atoms with van der Waals surface area (Å²) in [5.41, 5.74) is 0. The first-order valence-electron chi connectivity index (χ1n) is 2.88. The number of hydrogen-bond acceptors (Lipinski definition) is 5. The van der Waals surface area contributed by atoms with Crippen LogP contribution < -0.4 is 4.74 Å². The molecule has 0 spiro atoms. The van der Waals surface area contributed by atoms with Crippen LogP contribution in [0.15, 0.2) is 18.5 Å². The SMILES string of the molecule is COc1ncccn1.OBO. The van der Waals surface area contributed by atoms with Crippen LogP contribution in [-0.4, -0.2) is 34.8 Å². The maximum Gasteiger partial charge on any atom is 0.432 e. The minimum absolute atomic E-state index is 0.410. The van der Waals surface area contributed by atoms with Gasteiger partial charge < -0.3 is 14.8 Å².